The fourth-order valence-corrected chi connectivity index (χ4v) is 1.59. The highest BCUT2D eigenvalue weighted by atomic mass is 35.5. The van der Waals surface area contributed by atoms with Crippen molar-refractivity contribution in [2.45, 2.75) is 26.8 Å². The second kappa shape index (κ2) is 6.18. The Kier molecular flexibility index (Phi) is 5.19. The van der Waals surface area contributed by atoms with Gasteiger partial charge in [-0.25, -0.2) is 4.39 Å². The second-order valence-corrected chi connectivity index (χ2v) is 4.62. The molecule has 2 nitrogen and oxygen atoms in total. The fourth-order valence-electron chi connectivity index (χ4n) is 1.26. The van der Waals surface area contributed by atoms with Crippen LogP contribution in [0.4, 0.5) is 4.39 Å². The minimum atomic E-state index is -0.330. The van der Waals surface area contributed by atoms with E-state index in [-0.39, 0.29) is 11.9 Å². The molecule has 0 aliphatic rings. The van der Waals surface area contributed by atoms with E-state index in [1.165, 1.54) is 12.1 Å². The molecule has 1 atom stereocenters. The van der Waals surface area contributed by atoms with E-state index in [1.54, 1.807) is 6.07 Å². The standard InChI is InChI=1S/C12H17ClFNO/c1-8(2)7-16-15-9(3)11-5-4-10(14)6-12(11)13/h4-6,8-9,15H,7H2,1-3H3. The van der Waals surface area contributed by atoms with Gasteiger partial charge in [0.15, 0.2) is 0 Å². The van der Waals surface area contributed by atoms with Crippen LogP contribution in [0.25, 0.3) is 0 Å². The van der Waals surface area contributed by atoms with Crippen LogP contribution in [-0.4, -0.2) is 6.61 Å². The van der Waals surface area contributed by atoms with Crippen molar-refractivity contribution in [2.24, 2.45) is 5.92 Å². The van der Waals surface area contributed by atoms with Gasteiger partial charge in [-0.2, -0.15) is 5.48 Å². The molecule has 0 radical (unpaired) electrons. The number of benzene rings is 1. The van der Waals surface area contributed by atoms with Crippen molar-refractivity contribution in [1.29, 1.82) is 0 Å². The lowest BCUT2D eigenvalue weighted by Gasteiger charge is -2.16. The van der Waals surface area contributed by atoms with Crippen LogP contribution >= 0.6 is 11.6 Å². The van der Waals surface area contributed by atoms with E-state index in [0.29, 0.717) is 17.5 Å². The molecule has 0 amide bonds. The SMILES string of the molecule is CC(C)CONC(C)c1ccc(F)cc1Cl. The summed E-state index contributed by atoms with van der Waals surface area (Å²) < 4.78 is 12.8. The lowest BCUT2D eigenvalue weighted by molar-refractivity contribution is 0.00410. The number of nitrogens with one attached hydrogen (secondary N) is 1. The maximum Gasteiger partial charge on any atom is 0.124 e. The monoisotopic (exact) mass is 245 g/mol. The van der Waals surface area contributed by atoms with Gasteiger partial charge in [0.1, 0.15) is 5.82 Å². The van der Waals surface area contributed by atoms with Crippen molar-refractivity contribution in [3.63, 3.8) is 0 Å². The molecule has 1 aromatic rings. The molecule has 0 aliphatic carbocycles. The lowest BCUT2D eigenvalue weighted by Crippen LogP contribution is -2.21. The van der Waals surface area contributed by atoms with Gasteiger partial charge in [-0.05, 0) is 30.5 Å². The zero-order valence-electron chi connectivity index (χ0n) is 9.76. The molecule has 0 aromatic heterocycles. The summed E-state index contributed by atoms with van der Waals surface area (Å²) in [5, 5.41) is 0.410. The van der Waals surface area contributed by atoms with Crippen molar-refractivity contribution in [2.75, 3.05) is 6.61 Å². The molecule has 0 spiro atoms. The minimum absolute atomic E-state index is 0.0631. The predicted molar refractivity (Wildman–Crippen MR) is 63.8 cm³/mol. The summed E-state index contributed by atoms with van der Waals surface area (Å²) in [4.78, 5) is 5.29. The van der Waals surface area contributed by atoms with Crippen molar-refractivity contribution in [1.82, 2.24) is 5.48 Å². The number of hydrogen-bond acceptors (Lipinski definition) is 2. The second-order valence-electron chi connectivity index (χ2n) is 4.21. The molecule has 0 saturated heterocycles. The third-order valence-corrected chi connectivity index (χ3v) is 2.43. The highest BCUT2D eigenvalue weighted by molar-refractivity contribution is 6.31. The Morgan fingerprint density at radius 1 is 1.38 bits per heavy atom. The molecule has 4 heteroatoms. The van der Waals surface area contributed by atoms with Crippen LogP contribution in [0, 0.1) is 11.7 Å². The van der Waals surface area contributed by atoms with Crippen LogP contribution in [0.2, 0.25) is 5.02 Å². The summed E-state index contributed by atoms with van der Waals surface area (Å²) >= 11 is 5.93. The number of rotatable bonds is 5. The molecule has 0 heterocycles. The van der Waals surface area contributed by atoms with E-state index < -0.39 is 0 Å². The molecule has 1 unspecified atom stereocenters. The molecule has 0 bridgehead atoms. The summed E-state index contributed by atoms with van der Waals surface area (Å²) in [6.45, 7) is 6.68. The summed E-state index contributed by atoms with van der Waals surface area (Å²) in [5.41, 5.74) is 3.71. The van der Waals surface area contributed by atoms with Gasteiger partial charge in [0, 0.05) is 5.02 Å². The van der Waals surface area contributed by atoms with E-state index >= 15 is 0 Å². The molecule has 0 fully saturated rings. The Hall–Kier alpha value is -0.640. The highest BCUT2D eigenvalue weighted by Crippen LogP contribution is 2.23. The molecular formula is C12H17ClFNO. The summed E-state index contributed by atoms with van der Waals surface area (Å²) in [7, 11) is 0. The molecule has 0 aliphatic heterocycles. The van der Waals surface area contributed by atoms with Gasteiger partial charge in [-0.3, -0.25) is 0 Å². The Morgan fingerprint density at radius 3 is 2.62 bits per heavy atom. The van der Waals surface area contributed by atoms with Gasteiger partial charge in [-0.1, -0.05) is 31.5 Å². The van der Waals surface area contributed by atoms with Crippen molar-refractivity contribution < 1.29 is 9.23 Å². The van der Waals surface area contributed by atoms with Crippen molar-refractivity contribution >= 4 is 11.6 Å². The highest BCUT2D eigenvalue weighted by Gasteiger charge is 2.10. The maximum absolute atomic E-state index is 12.8. The Morgan fingerprint density at radius 2 is 2.06 bits per heavy atom. The minimum Gasteiger partial charge on any atom is -0.301 e. The van der Waals surface area contributed by atoms with E-state index in [1.807, 2.05) is 6.92 Å². The maximum atomic E-state index is 12.8. The third kappa shape index (κ3) is 4.08. The molecule has 1 aromatic carbocycles. The van der Waals surface area contributed by atoms with Crippen LogP contribution in [0.15, 0.2) is 18.2 Å². The van der Waals surface area contributed by atoms with E-state index in [2.05, 4.69) is 19.3 Å². The molecule has 1 N–H and O–H groups in total. The largest absolute Gasteiger partial charge is 0.301 e. The van der Waals surface area contributed by atoms with Crippen molar-refractivity contribution in [3.8, 4) is 0 Å². The predicted octanol–water partition coefficient (Wildman–Crippen LogP) is 3.72. The number of hydroxylamine groups is 1. The molecule has 16 heavy (non-hydrogen) atoms. The quantitative estimate of drug-likeness (QED) is 0.799. The van der Waals surface area contributed by atoms with Gasteiger partial charge in [0.25, 0.3) is 0 Å². The van der Waals surface area contributed by atoms with E-state index in [9.17, 15) is 4.39 Å². The zero-order valence-corrected chi connectivity index (χ0v) is 10.5. The first-order valence-corrected chi connectivity index (χ1v) is 5.70. The first-order chi connectivity index (χ1) is 7.50. The van der Waals surface area contributed by atoms with Gasteiger partial charge in [0.2, 0.25) is 0 Å². The zero-order chi connectivity index (χ0) is 12.1. The summed E-state index contributed by atoms with van der Waals surface area (Å²) in [5.74, 6) is 0.132. The van der Waals surface area contributed by atoms with E-state index in [0.717, 1.165) is 5.56 Å². The van der Waals surface area contributed by atoms with Crippen LogP contribution in [-0.2, 0) is 4.84 Å². The van der Waals surface area contributed by atoms with Crippen molar-refractivity contribution in [3.05, 3.63) is 34.6 Å². The van der Waals surface area contributed by atoms with Gasteiger partial charge < -0.3 is 4.84 Å². The molecule has 0 saturated carbocycles. The molecular weight excluding hydrogens is 229 g/mol. The van der Waals surface area contributed by atoms with Gasteiger partial charge in [-0.15, -0.1) is 0 Å². The average molecular weight is 246 g/mol. The van der Waals surface area contributed by atoms with Gasteiger partial charge in [0.05, 0.1) is 12.6 Å². The van der Waals surface area contributed by atoms with Crippen LogP contribution in [0.5, 0.6) is 0 Å². The molecule has 1 rings (SSSR count). The van der Waals surface area contributed by atoms with E-state index in [4.69, 9.17) is 16.4 Å². The Labute approximate surface area is 101 Å². The summed E-state index contributed by atoms with van der Waals surface area (Å²) in [6.07, 6.45) is 0. The number of halogens is 2. The number of hydrogen-bond donors (Lipinski definition) is 1. The fraction of sp³-hybridized carbons (Fsp3) is 0.500. The third-order valence-electron chi connectivity index (χ3n) is 2.11. The topological polar surface area (TPSA) is 21.3 Å². The van der Waals surface area contributed by atoms with Gasteiger partial charge >= 0.3 is 0 Å². The normalized spacial score (nSPS) is 13.1. The Balaban J connectivity index is 2.55. The Bertz CT molecular complexity index is 344. The molecule has 90 valence electrons. The van der Waals surface area contributed by atoms with Crippen LogP contribution in [0.3, 0.4) is 0 Å². The van der Waals surface area contributed by atoms with Crippen LogP contribution < -0.4 is 5.48 Å². The summed E-state index contributed by atoms with van der Waals surface area (Å²) in [6, 6.07) is 4.29. The average Bonchev–Trinajstić information content (AvgIpc) is 2.16. The van der Waals surface area contributed by atoms with Crippen LogP contribution in [0.1, 0.15) is 32.4 Å². The first kappa shape index (κ1) is 13.4. The first-order valence-electron chi connectivity index (χ1n) is 5.33. The lowest BCUT2D eigenvalue weighted by atomic mass is 10.1. The smallest absolute Gasteiger partial charge is 0.124 e.